The van der Waals surface area contributed by atoms with Crippen molar-refractivity contribution < 1.29 is 14.1 Å². The number of hydrogen-bond acceptors (Lipinski definition) is 3. The maximum atomic E-state index is 14.8. The van der Waals surface area contributed by atoms with E-state index < -0.39 is 19.3 Å². The molecule has 4 aromatic carbocycles. The summed E-state index contributed by atoms with van der Waals surface area (Å²) < 4.78 is 20.5. The van der Waals surface area contributed by atoms with Gasteiger partial charge in [0.1, 0.15) is 6.61 Å². The molecular formula is C31H30NO3P. The lowest BCUT2D eigenvalue weighted by Crippen LogP contribution is -2.33. The Labute approximate surface area is 213 Å². The molecule has 1 atom stereocenters. The van der Waals surface area contributed by atoms with Crippen LogP contribution in [0, 0.1) is 6.92 Å². The van der Waals surface area contributed by atoms with Gasteiger partial charge in [0.2, 0.25) is 7.29 Å². The molecule has 1 N–H and O–H groups in total. The summed E-state index contributed by atoms with van der Waals surface area (Å²) in [6, 6.07) is 35.5. The van der Waals surface area contributed by atoms with Crippen LogP contribution in [0.2, 0.25) is 0 Å². The number of esters is 1. The molecule has 5 heteroatoms. The van der Waals surface area contributed by atoms with Crippen molar-refractivity contribution in [1.82, 2.24) is 5.09 Å². The van der Waals surface area contributed by atoms with E-state index in [2.05, 4.69) is 5.09 Å². The molecule has 0 amide bonds. The SMILES string of the molecule is C/C=C(/C(=O)OCc1ccccc1)C(NP(=O)(c1ccccc1)c1ccccc1)c1ccc(C)cc1. The zero-order chi connectivity index (χ0) is 25.4. The molecule has 0 aliphatic rings. The fraction of sp³-hybridized carbons (Fsp3) is 0.129. The number of allylic oxidation sites excluding steroid dienone is 1. The molecule has 0 radical (unpaired) electrons. The summed E-state index contributed by atoms with van der Waals surface area (Å²) in [7, 11) is -3.34. The Balaban J connectivity index is 1.74. The molecule has 36 heavy (non-hydrogen) atoms. The number of carbonyl (C=O) groups is 1. The van der Waals surface area contributed by atoms with Gasteiger partial charge in [-0.1, -0.05) is 103 Å². The fourth-order valence-electron chi connectivity index (χ4n) is 4.05. The van der Waals surface area contributed by atoms with Crippen LogP contribution in [0.15, 0.2) is 127 Å². The van der Waals surface area contributed by atoms with Crippen LogP contribution in [0.4, 0.5) is 0 Å². The minimum atomic E-state index is -3.34. The number of benzene rings is 4. The van der Waals surface area contributed by atoms with Gasteiger partial charge in [-0.2, -0.15) is 0 Å². The van der Waals surface area contributed by atoms with Gasteiger partial charge in [-0.15, -0.1) is 0 Å². The lowest BCUT2D eigenvalue weighted by atomic mass is 9.98. The van der Waals surface area contributed by atoms with Crippen LogP contribution in [-0.2, 0) is 20.7 Å². The van der Waals surface area contributed by atoms with Crippen molar-refractivity contribution in [3.8, 4) is 0 Å². The maximum absolute atomic E-state index is 14.8. The second-order valence-corrected chi connectivity index (χ2v) is 11.1. The van der Waals surface area contributed by atoms with Gasteiger partial charge in [0.25, 0.3) is 0 Å². The zero-order valence-electron chi connectivity index (χ0n) is 20.5. The minimum absolute atomic E-state index is 0.159. The van der Waals surface area contributed by atoms with Gasteiger partial charge < -0.3 is 4.74 Å². The van der Waals surface area contributed by atoms with Crippen LogP contribution in [-0.4, -0.2) is 5.97 Å². The standard InChI is InChI=1S/C31H30NO3P/c1-3-29(31(33)35-23-25-13-7-4-8-14-25)30(26-21-19-24(2)20-22-26)32-36(34,27-15-9-5-10-16-27)28-17-11-6-12-18-28/h3-22,30H,23H2,1-2H3,(H,32,34)/b29-3+. The fourth-order valence-corrected chi connectivity index (χ4v) is 6.48. The van der Waals surface area contributed by atoms with Crippen LogP contribution in [0.25, 0.3) is 0 Å². The number of hydrogen-bond donors (Lipinski definition) is 1. The number of ether oxygens (including phenoxy) is 1. The maximum Gasteiger partial charge on any atom is 0.335 e. The molecule has 0 heterocycles. The highest BCUT2D eigenvalue weighted by molar-refractivity contribution is 7.76. The summed E-state index contributed by atoms with van der Waals surface area (Å²) in [5.41, 5.74) is 3.24. The second kappa shape index (κ2) is 11.8. The van der Waals surface area contributed by atoms with E-state index in [9.17, 15) is 9.36 Å². The number of aryl methyl sites for hydroxylation is 1. The molecule has 0 aliphatic heterocycles. The van der Waals surface area contributed by atoms with E-state index in [1.54, 1.807) is 13.0 Å². The van der Waals surface area contributed by atoms with Crippen molar-refractivity contribution in [2.45, 2.75) is 26.5 Å². The average molecular weight is 496 g/mol. The number of carbonyl (C=O) groups excluding carboxylic acids is 1. The summed E-state index contributed by atoms with van der Waals surface area (Å²) in [6.45, 7) is 3.97. The van der Waals surface area contributed by atoms with Gasteiger partial charge >= 0.3 is 5.97 Å². The molecular weight excluding hydrogens is 465 g/mol. The van der Waals surface area contributed by atoms with Crippen molar-refractivity contribution in [2.75, 3.05) is 0 Å². The first kappa shape index (κ1) is 25.4. The molecule has 0 bridgehead atoms. The topological polar surface area (TPSA) is 55.4 Å². The highest BCUT2D eigenvalue weighted by Gasteiger charge is 2.34. The molecule has 4 rings (SSSR count). The predicted molar refractivity (Wildman–Crippen MR) is 147 cm³/mol. The molecule has 1 unspecified atom stereocenters. The lowest BCUT2D eigenvalue weighted by molar-refractivity contribution is -0.140. The smallest absolute Gasteiger partial charge is 0.335 e. The molecule has 0 aromatic heterocycles. The first-order chi connectivity index (χ1) is 17.5. The van der Waals surface area contributed by atoms with Crippen LogP contribution in [0.3, 0.4) is 0 Å². The Morgan fingerprint density at radius 2 is 1.31 bits per heavy atom. The van der Waals surface area contributed by atoms with Crippen molar-refractivity contribution in [3.05, 3.63) is 144 Å². The third kappa shape index (κ3) is 5.91. The molecule has 4 aromatic rings. The number of nitrogens with one attached hydrogen (secondary N) is 1. The van der Waals surface area contributed by atoms with Crippen molar-refractivity contribution >= 4 is 23.9 Å². The van der Waals surface area contributed by atoms with Crippen LogP contribution < -0.4 is 15.7 Å². The minimum Gasteiger partial charge on any atom is -0.457 e. The zero-order valence-corrected chi connectivity index (χ0v) is 21.4. The summed E-state index contributed by atoms with van der Waals surface area (Å²) in [4.78, 5) is 13.4. The van der Waals surface area contributed by atoms with Crippen molar-refractivity contribution in [1.29, 1.82) is 0 Å². The van der Waals surface area contributed by atoms with E-state index in [1.807, 2.05) is 122 Å². The first-order valence-corrected chi connectivity index (χ1v) is 13.6. The molecule has 0 spiro atoms. The van der Waals surface area contributed by atoms with E-state index >= 15 is 0 Å². The van der Waals surface area contributed by atoms with Gasteiger partial charge in [-0.3, -0.25) is 4.57 Å². The Bertz CT molecular complexity index is 1310. The van der Waals surface area contributed by atoms with E-state index in [-0.39, 0.29) is 6.61 Å². The van der Waals surface area contributed by atoms with Crippen molar-refractivity contribution in [2.24, 2.45) is 0 Å². The summed E-state index contributed by atoms with van der Waals surface area (Å²) in [6.07, 6.45) is 1.74. The quantitative estimate of drug-likeness (QED) is 0.170. The molecule has 0 aliphatic carbocycles. The van der Waals surface area contributed by atoms with Gasteiger partial charge in [-0.05, 0) is 49.2 Å². The Kier molecular flexibility index (Phi) is 8.32. The molecule has 182 valence electrons. The summed E-state index contributed by atoms with van der Waals surface area (Å²) >= 11 is 0. The summed E-state index contributed by atoms with van der Waals surface area (Å²) in [5, 5.41) is 4.75. The van der Waals surface area contributed by atoms with Crippen LogP contribution in [0.1, 0.15) is 29.7 Å². The largest absolute Gasteiger partial charge is 0.457 e. The number of rotatable bonds is 9. The average Bonchev–Trinajstić information content (AvgIpc) is 2.93. The van der Waals surface area contributed by atoms with Crippen LogP contribution in [0.5, 0.6) is 0 Å². The first-order valence-electron chi connectivity index (χ1n) is 11.9. The Hall–Kier alpha value is -3.72. The predicted octanol–water partition coefficient (Wildman–Crippen LogP) is 6.24. The third-order valence-electron chi connectivity index (χ3n) is 6.03. The molecule has 0 saturated carbocycles. The van der Waals surface area contributed by atoms with E-state index in [0.717, 1.165) is 16.7 Å². The van der Waals surface area contributed by atoms with E-state index in [4.69, 9.17) is 4.74 Å². The van der Waals surface area contributed by atoms with E-state index in [1.165, 1.54) is 0 Å². The highest BCUT2D eigenvalue weighted by atomic mass is 31.2. The highest BCUT2D eigenvalue weighted by Crippen LogP contribution is 2.43. The normalized spacial score (nSPS) is 12.7. The third-order valence-corrected chi connectivity index (χ3v) is 8.70. The summed E-state index contributed by atoms with van der Waals surface area (Å²) in [5.74, 6) is -0.452. The van der Waals surface area contributed by atoms with E-state index in [0.29, 0.717) is 16.2 Å². The monoisotopic (exact) mass is 495 g/mol. The molecule has 4 nitrogen and oxygen atoms in total. The second-order valence-electron chi connectivity index (χ2n) is 8.56. The van der Waals surface area contributed by atoms with Gasteiger partial charge in [0.05, 0.1) is 11.6 Å². The van der Waals surface area contributed by atoms with Gasteiger partial charge in [-0.25, -0.2) is 9.88 Å². The molecule has 0 saturated heterocycles. The lowest BCUT2D eigenvalue weighted by Gasteiger charge is -2.28. The van der Waals surface area contributed by atoms with Gasteiger partial charge in [0, 0.05) is 10.6 Å². The van der Waals surface area contributed by atoms with Gasteiger partial charge in [0.15, 0.2) is 0 Å². The molecule has 0 fully saturated rings. The Morgan fingerprint density at radius 1 is 0.806 bits per heavy atom. The Morgan fingerprint density at radius 3 is 1.81 bits per heavy atom. The van der Waals surface area contributed by atoms with Crippen molar-refractivity contribution in [3.63, 3.8) is 0 Å². The van der Waals surface area contributed by atoms with Crippen LogP contribution >= 0.6 is 7.29 Å².